The molecule has 0 bridgehead atoms. The summed E-state index contributed by atoms with van der Waals surface area (Å²) in [5, 5.41) is 19.5. The predicted octanol–water partition coefficient (Wildman–Crippen LogP) is 2.09. The van der Waals surface area contributed by atoms with Gasteiger partial charge in [0.2, 0.25) is 5.89 Å². The van der Waals surface area contributed by atoms with Crippen LogP contribution in [0.25, 0.3) is 0 Å². The van der Waals surface area contributed by atoms with E-state index in [2.05, 4.69) is 15.5 Å². The normalized spacial score (nSPS) is 10.5. The molecule has 6 heteroatoms. The lowest BCUT2D eigenvalue weighted by molar-refractivity contribution is 0.282. The molecular formula is C11H12ClN3O2. The Bertz CT molecular complexity index is 470. The van der Waals surface area contributed by atoms with E-state index in [1.165, 1.54) is 0 Å². The van der Waals surface area contributed by atoms with E-state index >= 15 is 0 Å². The minimum atomic E-state index is 0.0285. The standard InChI is InChI=1S/C11H12ClN3O2/c12-6-5-10-14-15-11(17-10)13-9-3-1-8(7-16)2-4-9/h1-4,16H,5-7H2,(H,13,15). The quantitative estimate of drug-likeness (QED) is 0.799. The summed E-state index contributed by atoms with van der Waals surface area (Å²) in [7, 11) is 0. The van der Waals surface area contributed by atoms with Gasteiger partial charge in [-0.2, -0.15) is 0 Å². The molecule has 0 aliphatic rings. The third kappa shape index (κ3) is 3.18. The highest BCUT2D eigenvalue weighted by Crippen LogP contribution is 2.16. The van der Waals surface area contributed by atoms with Crippen LogP contribution in [-0.2, 0) is 13.0 Å². The highest BCUT2D eigenvalue weighted by molar-refractivity contribution is 6.17. The molecule has 0 aliphatic carbocycles. The van der Waals surface area contributed by atoms with Crippen LogP contribution >= 0.6 is 11.6 Å². The minimum absolute atomic E-state index is 0.0285. The number of anilines is 2. The Hall–Kier alpha value is -1.59. The van der Waals surface area contributed by atoms with Crippen molar-refractivity contribution in [3.63, 3.8) is 0 Å². The molecule has 2 aromatic rings. The second-order valence-corrected chi connectivity index (χ2v) is 3.80. The van der Waals surface area contributed by atoms with Crippen LogP contribution in [-0.4, -0.2) is 21.2 Å². The van der Waals surface area contributed by atoms with Crippen molar-refractivity contribution in [1.29, 1.82) is 0 Å². The van der Waals surface area contributed by atoms with Crippen LogP contribution < -0.4 is 5.32 Å². The maximum Gasteiger partial charge on any atom is 0.320 e. The first-order valence-corrected chi connectivity index (χ1v) is 5.70. The molecule has 0 spiro atoms. The van der Waals surface area contributed by atoms with Gasteiger partial charge in [-0.15, -0.1) is 16.7 Å². The zero-order valence-electron chi connectivity index (χ0n) is 9.06. The molecule has 1 aromatic carbocycles. The third-order valence-corrected chi connectivity index (χ3v) is 2.35. The number of nitrogens with one attached hydrogen (secondary N) is 1. The Morgan fingerprint density at radius 2 is 2.00 bits per heavy atom. The van der Waals surface area contributed by atoms with Crippen molar-refractivity contribution in [3.05, 3.63) is 35.7 Å². The van der Waals surface area contributed by atoms with Crippen LogP contribution in [0.2, 0.25) is 0 Å². The number of hydrogen-bond acceptors (Lipinski definition) is 5. The van der Waals surface area contributed by atoms with Gasteiger partial charge in [0, 0.05) is 18.0 Å². The van der Waals surface area contributed by atoms with E-state index < -0.39 is 0 Å². The third-order valence-electron chi connectivity index (χ3n) is 2.16. The van der Waals surface area contributed by atoms with Gasteiger partial charge in [0.05, 0.1) is 6.61 Å². The number of aliphatic hydroxyl groups is 1. The summed E-state index contributed by atoms with van der Waals surface area (Å²) in [6, 6.07) is 7.63. The van der Waals surface area contributed by atoms with Crippen molar-refractivity contribution in [2.45, 2.75) is 13.0 Å². The largest absolute Gasteiger partial charge is 0.408 e. The monoisotopic (exact) mass is 253 g/mol. The number of rotatable bonds is 5. The maximum absolute atomic E-state index is 8.91. The summed E-state index contributed by atoms with van der Waals surface area (Å²) in [4.78, 5) is 0. The van der Waals surface area contributed by atoms with Crippen molar-refractivity contribution in [3.8, 4) is 0 Å². The van der Waals surface area contributed by atoms with Crippen LogP contribution in [0, 0.1) is 0 Å². The first-order chi connectivity index (χ1) is 8.31. The van der Waals surface area contributed by atoms with Gasteiger partial charge in [0.1, 0.15) is 0 Å². The topological polar surface area (TPSA) is 71.2 Å². The highest BCUT2D eigenvalue weighted by Gasteiger charge is 2.05. The zero-order chi connectivity index (χ0) is 12.1. The fraction of sp³-hybridized carbons (Fsp3) is 0.273. The van der Waals surface area contributed by atoms with E-state index in [0.717, 1.165) is 11.3 Å². The summed E-state index contributed by atoms with van der Waals surface area (Å²) in [6.07, 6.45) is 0.555. The maximum atomic E-state index is 8.91. The van der Waals surface area contributed by atoms with Crippen molar-refractivity contribution in [1.82, 2.24) is 10.2 Å². The number of aliphatic hydroxyl groups excluding tert-OH is 1. The number of nitrogens with zero attached hydrogens (tertiary/aromatic N) is 2. The smallest absolute Gasteiger partial charge is 0.320 e. The van der Waals surface area contributed by atoms with Crippen molar-refractivity contribution >= 4 is 23.3 Å². The average Bonchev–Trinajstić information content (AvgIpc) is 2.78. The van der Waals surface area contributed by atoms with Gasteiger partial charge in [-0.25, -0.2) is 0 Å². The Morgan fingerprint density at radius 1 is 1.24 bits per heavy atom. The molecule has 0 fully saturated rings. The van der Waals surface area contributed by atoms with Gasteiger partial charge < -0.3 is 14.8 Å². The Kier molecular flexibility index (Phi) is 3.95. The van der Waals surface area contributed by atoms with Gasteiger partial charge in [-0.3, -0.25) is 0 Å². The van der Waals surface area contributed by atoms with Crippen molar-refractivity contribution in [2.24, 2.45) is 0 Å². The van der Waals surface area contributed by atoms with Gasteiger partial charge in [0.15, 0.2) is 0 Å². The Labute approximate surface area is 103 Å². The average molecular weight is 254 g/mol. The van der Waals surface area contributed by atoms with Crippen LogP contribution in [0.15, 0.2) is 28.7 Å². The molecule has 0 amide bonds. The predicted molar refractivity (Wildman–Crippen MR) is 64.4 cm³/mol. The number of halogens is 1. The van der Waals surface area contributed by atoms with Crippen LogP contribution in [0.3, 0.4) is 0 Å². The zero-order valence-corrected chi connectivity index (χ0v) is 9.81. The lowest BCUT2D eigenvalue weighted by Gasteiger charge is -2.01. The summed E-state index contributed by atoms with van der Waals surface area (Å²) in [5.74, 6) is 0.960. The van der Waals surface area contributed by atoms with Crippen LogP contribution in [0.4, 0.5) is 11.7 Å². The molecule has 0 saturated heterocycles. The Balaban J connectivity index is 2.03. The van der Waals surface area contributed by atoms with Crippen LogP contribution in [0.5, 0.6) is 0 Å². The molecule has 5 nitrogen and oxygen atoms in total. The SMILES string of the molecule is OCc1ccc(Nc2nnc(CCCl)o2)cc1. The van der Waals surface area contributed by atoms with E-state index in [1.807, 2.05) is 24.3 Å². The van der Waals surface area contributed by atoms with Gasteiger partial charge in [0.25, 0.3) is 0 Å². The van der Waals surface area contributed by atoms with Gasteiger partial charge >= 0.3 is 6.01 Å². The lowest BCUT2D eigenvalue weighted by Crippen LogP contribution is -1.91. The second kappa shape index (κ2) is 5.65. The molecule has 0 radical (unpaired) electrons. The fourth-order valence-corrected chi connectivity index (χ4v) is 1.46. The highest BCUT2D eigenvalue weighted by atomic mass is 35.5. The number of aryl methyl sites for hydroxylation is 1. The summed E-state index contributed by atoms with van der Waals surface area (Å²) < 4.78 is 5.32. The molecule has 90 valence electrons. The van der Waals surface area contributed by atoms with Gasteiger partial charge in [-0.05, 0) is 17.7 Å². The minimum Gasteiger partial charge on any atom is -0.408 e. The molecule has 2 N–H and O–H groups in total. The lowest BCUT2D eigenvalue weighted by atomic mass is 10.2. The molecule has 0 saturated carbocycles. The van der Waals surface area contributed by atoms with E-state index in [0.29, 0.717) is 24.2 Å². The molecule has 1 heterocycles. The molecule has 0 unspecified atom stereocenters. The molecule has 0 aliphatic heterocycles. The second-order valence-electron chi connectivity index (χ2n) is 3.42. The molecule has 1 aromatic heterocycles. The number of alkyl halides is 1. The number of benzene rings is 1. The van der Waals surface area contributed by atoms with E-state index in [4.69, 9.17) is 21.1 Å². The molecular weight excluding hydrogens is 242 g/mol. The van der Waals surface area contributed by atoms with E-state index in [1.54, 1.807) is 0 Å². The van der Waals surface area contributed by atoms with Crippen molar-refractivity contribution in [2.75, 3.05) is 11.2 Å². The summed E-state index contributed by atoms with van der Waals surface area (Å²) >= 11 is 5.57. The Morgan fingerprint density at radius 3 is 2.65 bits per heavy atom. The van der Waals surface area contributed by atoms with E-state index in [-0.39, 0.29) is 6.61 Å². The summed E-state index contributed by atoms with van der Waals surface area (Å²) in [6.45, 7) is 0.0285. The molecule has 0 atom stereocenters. The van der Waals surface area contributed by atoms with E-state index in [9.17, 15) is 0 Å². The first-order valence-electron chi connectivity index (χ1n) is 5.17. The number of hydrogen-bond donors (Lipinski definition) is 2. The first kappa shape index (κ1) is 11.9. The molecule has 17 heavy (non-hydrogen) atoms. The number of aromatic nitrogens is 2. The fourth-order valence-electron chi connectivity index (χ4n) is 1.30. The van der Waals surface area contributed by atoms with Gasteiger partial charge in [-0.1, -0.05) is 17.2 Å². The molecule has 2 rings (SSSR count). The summed E-state index contributed by atoms with van der Waals surface area (Å²) in [5.41, 5.74) is 1.67. The van der Waals surface area contributed by atoms with Crippen LogP contribution in [0.1, 0.15) is 11.5 Å². The van der Waals surface area contributed by atoms with Crippen molar-refractivity contribution < 1.29 is 9.52 Å².